The number of nitrogens with one attached hydrogen (secondary N) is 2. The molecule has 144 valence electrons. The van der Waals surface area contributed by atoms with Gasteiger partial charge in [-0.05, 0) is 42.7 Å². The van der Waals surface area contributed by atoms with Crippen LogP contribution in [0.25, 0.3) is 0 Å². The Labute approximate surface area is 168 Å². The summed E-state index contributed by atoms with van der Waals surface area (Å²) in [6, 6.07) is 15.9. The molecule has 6 nitrogen and oxygen atoms in total. The zero-order valence-electron chi connectivity index (χ0n) is 16.1. The number of hydrogen-bond acceptors (Lipinski definition) is 5. The predicted molar refractivity (Wildman–Crippen MR) is 112 cm³/mol. The number of hydrogen-bond donors (Lipinski definition) is 2. The van der Waals surface area contributed by atoms with Crippen molar-refractivity contribution < 1.29 is 4.79 Å². The minimum atomic E-state index is -0.371. The SMILES string of the molecule is CCc1nnc2n1N[C@H](c1ccccc1)[C@H](C(=O)Nc1cc(C)cc(C)c1)S2. The summed E-state index contributed by atoms with van der Waals surface area (Å²) in [5.74, 6) is 0.806. The van der Waals surface area contributed by atoms with Gasteiger partial charge in [0, 0.05) is 12.1 Å². The van der Waals surface area contributed by atoms with Gasteiger partial charge in [0.25, 0.3) is 0 Å². The van der Waals surface area contributed by atoms with Gasteiger partial charge >= 0.3 is 0 Å². The smallest absolute Gasteiger partial charge is 0.240 e. The first-order chi connectivity index (χ1) is 13.5. The molecule has 1 amide bonds. The molecule has 4 rings (SSSR count). The minimum absolute atomic E-state index is 0.0522. The van der Waals surface area contributed by atoms with E-state index in [1.54, 1.807) is 0 Å². The van der Waals surface area contributed by atoms with Crippen LogP contribution in [0.15, 0.2) is 53.7 Å². The van der Waals surface area contributed by atoms with Crippen LogP contribution in [-0.2, 0) is 11.2 Å². The molecule has 1 aliphatic heterocycles. The van der Waals surface area contributed by atoms with E-state index in [4.69, 9.17) is 0 Å². The third kappa shape index (κ3) is 3.62. The molecular formula is C21H23N5OS. The molecule has 1 aromatic heterocycles. The van der Waals surface area contributed by atoms with Gasteiger partial charge in [-0.3, -0.25) is 4.79 Å². The van der Waals surface area contributed by atoms with E-state index < -0.39 is 0 Å². The van der Waals surface area contributed by atoms with E-state index in [0.717, 1.165) is 34.6 Å². The highest BCUT2D eigenvalue weighted by molar-refractivity contribution is 8.00. The molecule has 7 heteroatoms. The number of aromatic nitrogens is 3. The molecular weight excluding hydrogens is 370 g/mol. The van der Waals surface area contributed by atoms with Gasteiger partial charge in [0.2, 0.25) is 11.1 Å². The van der Waals surface area contributed by atoms with E-state index in [9.17, 15) is 4.79 Å². The molecule has 0 saturated carbocycles. The Kier molecular flexibility index (Phi) is 5.09. The lowest BCUT2D eigenvalue weighted by Gasteiger charge is -2.33. The largest absolute Gasteiger partial charge is 0.325 e. The summed E-state index contributed by atoms with van der Waals surface area (Å²) in [5, 5.41) is 11.9. The van der Waals surface area contributed by atoms with Crippen molar-refractivity contribution in [3.8, 4) is 0 Å². The van der Waals surface area contributed by atoms with Crippen LogP contribution in [0.4, 0.5) is 5.69 Å². The number of thioether (sulfide) groups is 1. The van der Waals surface area contributed by atoms with Gasteiger partial charge in [-0.1, -0.05) is 55.1 Å². The van der Waals surface area contributed by atoms with Crippen LogP contribution in [0.1, 0.15) is 35.5 Å². The number of amides is 1. The van der Waals surface area contributed by atoms with Crippen LogP contribution < -0.4 is 10.7 Å². The Morgan fingerprint density at radius 2 is 1.86 bits per heavy atom. The molecule has 0 bridgehead atoms. The number of benzene rings is 2. The fraction of sp³-hybridized carbons (Fsp3) is 0.286. The maximum atomic E-state index is 13.2. The third-order valence-corrected chi connectivity index (χ3v) is 5.94. The molecule has 3 aromatic rings. The van der Waals surface area contributed by atoms with Crippen LogP contribution in [0, 0.1) is 13.8 Å². The molecule has 2 atom stereocenters. The van der Waals surface area contributed by atoms with Crippen LogP contribution in [0.5, 0.6) is 0 Å². The Morgan fingerprint density at radius 3 is 2.54 bits per heavy atom. The van der Waals surface area contributed by atoms with Gasteiger partial charge < -0.3 is 10.7 Å². The number of nitrogens with zero attached hydrogens (tertiary/aromatic N) is 3. The number of fused-ring (bicyclic) bond motifs is 1. The Bertz CT molecular complexity index is 981. The molecule has 28 heavy (non-hydrogen) atoms. The summed E-state index contributed by atoms with van der Waals surface area (Å²) in [6.07, 6.45) is 0.765. The summed E-state index contributed by atoms with van der Waals surface area (Å²) in [6.45, 7) is 6.10. The molecule has 0 aliphatic carbocycles. The fourth-order valence-corrected chi connectivity index (χ4v) is 4.60. The zero-order valence-corrected chi connectivity index (χ0v) is 17.0. The second-order valence-electron chi connectivity index (χ2n) is 7.01. The molecule has 0 spiro atoms. The molecule has 0 unspecified atom stereocenters. The summed E-state index contributed by atoms with van der Waals surface area (Å²) < 4.78 is 1.91. The van der Waals surface area contributed by atoms with Gasteiger partial charge in [-0.2, -0.15) is 0 Å². The van der Waals surface area contributed by atoms with E-state index >= 15 is 0 Å². The maximum Gasteiger partial charge on any atom is 0.240 e. The van der Waals surface area contributed by atoms with Gasteiger partial charge in [0.15, 0.2) is 5.82 Å². The predicted octanol–water partition coefficient (Wildman–Crippen LogP) is 3.86. The van der Waals surface area contributed by atoms with E-state index in [0.29, 0.717) is 5.16 Å². The summed E-state index contributed by atoms with van der Waals surface area (Å²) in [7, 11) is 0. The molecule has 1 aliphatic rings. The molecule has 0 fully saturated rings. The lowest BCUT2D eigenvalue weighted by atomic mass is 10.0. The van der Waals surface area contributed by atoms with E-state index in [1.807, 2.05) is 67.9 Å². The van der Waals surface area contributed by atoms with Crippen LogP contribution >= 0.6 is 11.8 Å². The summed E-state index contributed by atoms with van der Waals surface area (Å²) in [4.78, 5) is 13.2. The maximum absolute atomic E-state index is 13.2. The van der Waals surface area contributed by atoms with Crippen LogP contribution in [0.3, 0.4) is 0 Å². The van der Waals surface area contributed by atoms with Crippen LogP contribution in [0.2, 0.25) is 0 Å². The first-order valence-electron chi connectivity index (χ1n) is 9.36. The number of carbonyl (C=O) groups is 1. The van der Waals surface area contributed by atoms with Crippen molar-refractivity contribution in [1.29, 1.82) is 0 Å². The second kappa shape index (κ2) is 7.67. The number of aryl methyl sites for hydroxylation is 3. The molecule has 2 N–H and O–H groups in total. The monoisotopic (exact) mass is 393 g/mol. The van der Waals surface area contributed by atoms with Gasteiger partial charge in [-0.25, -0.2) is 4.68 Å². The highest BCUT2D eigenvalue weighted by atomic mass is 32.2. The van der Waals surface area contributed by atoms with Crippen LogP contribution in [-0.4, -0.2) is 26.0 Å². The Morgan fingerprint density at radius 1 is 1.14 bits per heavy atom. The third-order valence-electron chi connectivity index (χ3n) is 4.73. The van der Waals surface area contributed by atoms with Crippen molar-refractivity contribution in [2.24, 2.45) is 0 Å². The van der Waals surface area contributed by atoms with E-state index in [-0.39, 0.29) is 17.2 Å². The van der Waals surface area contributed by atoms with Crippen molar-refractivity contribution in [3.05, 3.63) is 71.0 Å². The highest BCUT2D eigenvalue weighted by Gasteiger charge is 2.37. The second-order valence-corrected chi connectivity index (χ2v) is 8.12. The fourth-order valence-electron chi connectivity index (χ4n) is 3.50. The first-order valence-corrected chi connectivity index (χ1v) is 10.2. The Hall–Kier alpha value is -2.80. The average molecular weight is 394 g/mol. The quantitative estimate of drug-likeness (QED) is 0.704. The number of anilines is 1. The van der Waals surface area contributed by atoms with E-state index in [1.165, 1.54) is 11.8 Å². The normalized spacial score (nSPS) is 18.2. The van der Waals surface area contributed by atoms with Gasteiger partial charge in [0.1, 0.15) is 5.25 Å². The Balaban J connectivity index is 1.67. The standard InChI is InChI=1S/C21H23N5OS/c1-4-17-23-24-21-26(17)25-18(15-8-6-5-7-9-15)19(28-21)20(27)22-16-11-13(2)10-14(3)12-16/h5-12,18-19,25H,4H2,1-3H3,(H,22,27)/t18-,19-/m1/s1. The van der Waals surface area contributed by atoms with Gasteiger partial charge in [-0.15, -0.1) is 10.2 Å². The molecule has 2 heterocycles. The topological polar surface area (TPSA) is 71.8 Å². The van der Waals surface area contributed by atoms with Gasteiger partial charge in [0.05, 0.1) is 6.04 Å². The van der Waals surface area contributed by atoms with Crippen molar-refractivity contribution in [2.45, 2.75) is 43.6 Å². The summed E-state index contributed by atoms with van der Waals surface area (Å²) in [5.41, 5.74) is 7.57. The number of carbonyl (C=O) groups excluding carboxylic acids is 1. The molecule has 0 saturated heterocycles. The molecule has 0 radical (unpaired) electrons. The van der Waals surface area contributed by atoms with Crippen molar-refractivity contribution in [1.82, 2.24) is 14.9 Å². The lowest BCUT2D eigenvalue weighted by Crippen LogP contribution is -2.41. The minimum Gasteiger partial charge on any atom is -0.325 e. The van der Waals surface area contributed by atoms with Crippen molar-refractivity contribution in [2.75, 3.05) is 10.7 Å². The average Bonchev–Trinajstić information content (AvgIpc) is 3.09. The van der Waals surface area contributed by atoms with Crippen molar-refractivity contribution >= 4 is 23.4 Å². The molecule has 2 aromatic carbocycles. The summed E-state index contributed by atoms with van der Waals surface area (Å²) >= 11 is 1.45. The lowest BCUT2D eigenvalue weighted by molar-refractivity contribution is -0.116. The van der Waals surface area contributed by atoms with Crippen molar-refractivity contribution in [3.63, 3.8) is 0 Å². The number of rotatable bonds is 4. The first kappa shape index (κ1) is 18.6. The zero-order chi connectivity index (χ0) is 19.7. The van der Waals surface area contributed by atoms with E-state index in [2.05, 4.69) is 27.0 Å². The highest BCUT2D eigenvalue weighted by Crippen LogP contribution is 2.37.